The van der Waals surface area contributed by atoms with Crippen LogP contribution in [0.3, 0.4) is 0 Å². The van der Waals surface area contributed by atoms with Gasteiger partial charge in [-0.1, -0.05) is 37.1 Å². The molecular weight excluding hydrogens is 348 g/mol. The van der Waals surface area contributed by atoms with Gasteiger partial charge in [-0.15, -0.1) is 11.3 Å². The van der Waals surface area contributed by atoms with E-state index in [-0.39, 0.29) is 12.1 Å². The van der Waals surface area contributed by atoms with Gasteiger partial charge in [-0.2, -0.15) is 0 Å². The number of hydrogen-bond donors (Lipinski definition) is 0. The maximum Gasteiger partial charge on any atom is 0.326 e. The van der Waals surface area contributed by atoms with E-state index in [9.17, 15) is 9.59 Å². The molecule has 0 bridgehead atoms. The van der Waals surface area contributed by atoms with E-state index in [0.717, 1.165) is 29.5 Å². The van der Waals surface area contributed by atoms with E-state index in [0.29, 0.717) is 16.8 Å². The Balaban J connectivity index is 1.98. The molecule has 2 aromatic heterocycles. The first-order chi connectivity index (χ1) is 12.5. The highest BCUT2D eigenvalue weighted by Crippen LogP contribution is 2.32. The van der Waals surface area contributed by atoms with Crippen molar-refractivity contribution >= 4 is 27.5 Å². The van der Waals surface area contributed by atoms with Crippen LogP contribution in [0.15, 0.2) is 34.7 Å². The molecule has 0 saturated carbocycles. The van der Waals surface area contributed by atoms with Gasteiger partial charge in [-0.05, 0) is 31.4 Å². The number of carbonyl (C=O) groups is 1. The number of carbonyl (C=O) groups excluding carboxylic acids is 1. The fourth-order valence-corrected chi connectivity index (χ4v) is 3.81. The smallest absolute Gasteiger partial charge is 0.326 e. The van der Waals surface area contributed by atoms with Gasteiger partial charge in [0.1, 0.15) is 11.4 Å². The molecule has 1 aromatic carbocycles. The standard InChI is InChI=1S/C20H22N2O3S/c1-4-5-8-25-17(23)10-22-12-21-19-18(20(22)24)16(11-26-19)15-7-6-13(2)9-14(15)3/h6-7,9,11-12H,4-5,8,10H2,1-3H3. The minimum absolute atomic E-state index is 0.117. The van der Waals surface area contributed by atoms with Crippen LogP contribution in [0.25, 0.3) is 21.3 Å². The van der Waals surface area contributed by atoms with Gasteiger partial charge < -0.3 is 4.74 Å². The quantitative estimate of drug-likeness (QED) is 0.484. The molecule has 3 aromatic rings. The number of hydrogen-bond acceptors (Lipinski definition) is 5. The van der Waals surface area contributed by atoms with E-state index >= 15 is 0 Å². The minimum atomic E-state index is -0.412. The van der Waals surface area contributed by atoms with Gasteiger partial charge in [0.25, 0.3) is 5.56 Å². The van der Waals surface area contributed by atoms with E-state index < -0.39 is 5.97 Å². The third-order valence-corrected chi connectivity index (χ3v) is 5.18. The lowest BCUT2D eigenvalue weighted by atomic mass is 9.99. The highest BCUT2D eigenvalue weighted by Gasteiger charge is 2.16. The molecule has 0 spiro atoms. The summed E-state index contributed by atoms with van der Waals surface area (Å²) in [6, 6.07) is 6.16. The second-order valence-electron chi connectivity index (χ2n) is 6.40. The van der Waals surface area contributed by atoms with Crippen molar-refractivity contribution in [1.82, 2.24) is 9.55 Å². The lowest BCUT2D eigenvalue weighted by molar-refractivity contribution is -0.144. The zero-order valence-corrected chi connectivity index (χ0v) is 16.1. The van der Waals surface area contributed by atoms with Crippen LogP contribution in [0.5, 0.6) is 0 Å². The van der Waals surface area contributed by atoms with Crippen molar-refractivity contribution in [3.05, 3.63) is 51.4 Å². The van der Waals surface area contributed by atoms with Crippen LogP contribution in [-0.2, 0) is 16.1 Å². The Bertz CT molecular complexity index is 1000. The molecule has 3 rings (SSSR count). The maximum absolute atomic E-state index is 12.9. The lowest BCUT2D eigenvalue weighted by Crippen LogP contribution is -2.25. The molecule has 0 N–H and O–H groups in total. The molecule has 0 fully saturated rings. The maximum atomic E-state index is 12.9. The minimum Gasteiger partial charge on any atom is -0.464 e. The summed E-state index contributed by atoms with van der Waals surface area (Å²) >= 11 is 1.44. The predicted octanol–water partition coefficient (Wildman–Crippen LogP) is 4.09. The van der Waals surface area contributed by atoms with Crippen molar-refractivity contribution in [2.45, 2.75) is 40.2 Å². The van der Waals surface area contributed by atoms with Crippen molar-refractivity contribution in [3.8, 4) is 11.1 Å². The summed E-state index contributed by atoms with van der Waals surface area (Å²) in [5.74, 6) is -0.412. The van der Waals surface area contributed by atoms with Gasteiger partial charge in [0.15, 0.2) is 0 Å². The first-order valence-electron chi connectivity index (χ1n) is 8.71. The molecule has 0 atom stereocenters. The summed E-state index contributed by atoms with van der Waals surface area (Å²) in [6.07, 6.45) is 3.20. The molecular formula is C20H22N2O3S. The topological polar surface area (TPSA) is 61.2 Å². The average molecular weight is 370 g/mol. The van der Waals surface area contributed by atoms with Crippen LogP contribution in [-0.4, -0.2) is 22.1 Å². The van der Waals surface area contributed by atoms with Gasteiger partial charge in [0.2, 0.25) is 0 Å². The fourth-order valence-electron chi connectivity index (χ4n) is 2.91. The van der Waals surface area contributed by atoms with Crippen LogP contribution < -0.4 is 5.56 Å². The second kappa shape index (κ2) is 7.83. The van der Waals surface area contributed by atoms with Crippen LogP contribution in [0.4, 0.5) is 0 Å². The Hall–Kier alpha value is -2.47. The first kappa shape index (κ1) is 18.3. The first-order valence-corrected chi connectivity index (χ1v) is 9.59. The Kier molecular flexibility index (Phi) is 5.52. The molecule has 0 unspecified atom stereocenters. The number of aromatic nitrogens is 2. The molecule has 0 radical (unpaired) electrons. The summed E-state index contributed by atoms with van der Waals surface area (Å²) in [7, 11) is 0. The molecule has 0 aliphatic carbocycles. The average Bonchev–Trinajstić information content (AvgIpc) is 3.02. The Morgan fingerprint density at radius 3 is 2.81 bits per heavy atom. The zero-order chi connectivity index (χ0) is 18.7. The van der Waals surface area contributed by atoms with E-state index in [1.807, 2.05) is 38.3 Å². The number of ether oxygens (including phenoxy) is 1. The number of rotatable bonds is 6. The molecule has 2 heterocycles. The van der Waals surface area contributed by atoms with E-state index in [1.54, 1.807) is 0 Å². The number of aryl methyl sites for hydroxylation is 2. The SMILES string of the molecule is CCCCOC(=O)Cn1cnc2scc(-c3ccc(C)cc3C)c2c1=O. The molecule has 26 heavy (non-hydrogen) atoms. The Morgan fingerprint density at radius 1 is 1.27 bits per heavy atom. The van der Waals surface area contributed by atoms with E-state index in [1.165, 1.54) is 27.8 Å². The summed E-state index contributed by atoms with van der Waals surface area (Å²) in [5.41, 5.74) is 3.96. The summed E-state index contributed by atoms with van der Waals surface area (Å²) in [5, 5.41) is 2.52. The molecule has 136 valence electrons. The number of unbranched alkanes of at least 4 members (excludes halogenated alkanes) is 1. The van der Waals surface area contributed by atoms with Gasteiger partial charge in [-0.3, -0.25) is 14.2 Å². The van der Waals surface area contributed by atoms with Crippen molar-refractivity contribution < 1.29 is 9.53 Å². The molecule has 0 aliphatic rings. The number of thiophene rings is 1. The van der Waals surface area contributed by atoms with Crippen molar-refractivity contribution in [1.29, 1.82) is 0 Å². The monoisotopic (exact) mass is 370 g/mol. The van der Waals surface area contributed by atoms with Gasteiger partial charge in [-0.25, -0.2) is 4.98 Å². The molecule has 5 nitrogen and oxygen atoms in total. The highest BCUT2D eigenvalue weighted by molar-refractivity contribution is 7.17. The number of esters is 1. The second-order valence-corrected chi connectivity index (χ2v) is 7.26. The van der Waals surface area contributed by atoms with Gasteiger partial charge >= 0.3 is 5.97 Å². The largest absolute Gasteiger partial charge is 0.464 e. The van der Waals surface area contributed by atoms with E-state index in [4.69, 9.17) is 4.74 Å². The Morgan fingerprint density at radius 2 is 2.08 bits per heavy atom. The van der Waals surface area contributed by atoms with Crippen molar-refractivity contribution in [2.75, 3.05) is 6.61 Å². The number of nitrogens with zero attached hydrogens (tertiary/aromatic N) is 2. The predicted molar refractivity (Wildman–Crippen MR) is 105 cm³/mol. The summed E-state index contributed by atoms with van der Waals surface area (Å²) < 4.78 is 6.49. The summed E-state index contributed by atoms with van der Waals surface area (Å²) in [6.45, 7) is 6.37. The van der Waals surface area contributed by atoms with Crippen LogP contribution in [0, 0.1) is 13.8 Å². The van der Waals surface area contributed by atoms with Crippen LogP contribution >= 0.6 is 11.3 Å². The van der Waals surface area contributed by atoms with Gasteiger partial charge in [0, 0.05) is 10.9 Å². The van der Waals surface area contributed by atoms with E-state index in [2.05, 4.69) is 11.1 Å². The molecule has 0 saturated heterocycles. The summed E-state index contributed by atoms with van der Waals surface area (Å²) in [4.78, 5) is 29.9. The molecule has 6 heteroatoms. The van der Waals surface area contributed by atoms with Crippen LogP contribution in [0.1, 0.15) is 30.9 Å². The van der Waals surface area contributed by atoms with Gasteiger partial charge in [0.05, 0.1) is 18.3 Å². The zero-order valence-electron chi connectivity index (χ0n) is 15.2. The third kappa shape index (κ3) is 3.70. The molecule has 0 amide bonds. The van der Waals surface area contributed by atoms with Crippen LogP contribution in [0.2, 0.25) is 0 Å². The molecule has 0 aliphatic heterocycles. The highest BCUT2D eigenvalue weighted by atomic mass is 32.1. The fraction of sp³-hybridized carbons (Fsp3) is 0.350. The normalized spacial score (nSPS) is 11.0. The number of benzene rings is 1. The van der Waals surface area contributed by atoms with Crippen molar-refractivity contribution in [2.24, 2.45) is 0 Å². The number of fused-ring (bicyclic) bond motifs is 1. The Labute approximate surface area is 156 Å². The van der Waals surface area contributed by atoms with Crippen molar-refractivity contribution in [3.63, 3.8) is 0 Å². The third-order valence-electron chi connectivity index (χ3n) is 4.29. The lowest BCUT2D eigenvalue weighted by Gasteiger charge is -2.08.